The third-order valence-corrected chi connectivity index (χ3v) is 4.61. The molecule has 0 atom stereocenters. The van der Waals surface area contributed by atoms with Crippen molar-refractivity contribution in [3.05, 3.63) is 59.7 Å². The number of hydrogen-bond donors (Lipinski definition) is 2. The summed E-state index contributed by atoms with van der Waals surface area (Å²) in [6, 6.07) is 14.8. The third-order valence-electron chi connectivity index (χ3n) is 3.65. The first-order valence-electron chi connectivity index (χ1n) is 7.74. The van der Waals surface area contributed by atoms with E-state index in [1.54, 1.807) is 24.3 Å². The van der Waals surface area contributed by atoms with Crippen LogP contribution in [-0.4, -0.2) is 36.2 Å². The van der Waals surface area contributed by atoms with E-state index in [2.05, 4.69) is 4.74 Å². The van der Waals surface area contributed by atoms with E-state index in [0.29, 0.717) is 29.1 Å². The zero-order chi connectivity index (χ0) is 18.2. The minimum Gasteiger partial charge on any atom is -0.469 e. The minimum atomic E-state index is -0.264. The summed E-state index contributed by atoms with van der Waals surface area (Å²) in [6.45, 7) is 0. The number of ketones is 1. The van der Waals surface area contributed by atoms with Crippen LogP contribution in [0.15, 0.2) is 48.5 Å². The molecule has 2 aromatic rings. The maximum absolute atomic E-state index is 12.2. The Morgan fingerprint density at radius 1 is 1.00 bits per heavy atom. The van der Waals surface area contributed by atoms with Crippen LogP contribution in [0.2, 0.25) is 0 Å². The number of amidine groups is 1. The van der Waals surface area contributed by atoms with Crippen molar-refractivity contribution in [2.45, 2.75) is 6.42 Å². The third kappa shape index (κ3) is 6.20. The lowest BCUT2D eigenvalue weighted by molar-refractivity contribution is -0.140. The molecule has 5 nitrogen and oxygen atoms in total. The number of Topliss-reactive ketones (excluding diaryl/α,β-unsaturated/α-hetero) is 1. The van der Waals surface area contributed by atoms with Gasteiger partial charge in [-0.1, -0.05) is 48.5 Å². The molecule has 26 heavy (non-hydrogen) atoms. The maximum atomic E-state index is 12.2. The van der Waals surface area contributed by atoms with Crippen LogP contribution in [-0.2, 0) is 9.53 Å². The van der Waals surface area contributed by atoms with Gasteiger partial charge in [0.1, 0.15) is 5.84 Å². The number of carbonyl (C=O) groups is 2. The number of hydrogen-bond acceptors (Lipinski definition) is 5. The van der Waals surface area contributed by atoms with Crippen LogP contribution in [0.5, 0.6) is 0 Å². The number of halogens is 1. The first-order valence-corrected chi connectivity index (χ1v) is 8.89. The van der Waals surface area contributed by atoms with E-state index in [1.165, 1.54) is 18.9 Å². The van der Waals surface area contributed by atoms with Gasteiger partial charge in [0.25, 0.3) is 0 Å². The summed E-state index contributed by atoms with van der Waals surface area (Å²) >= 11 is 1.42. The van der Waals surface area contributed by atoms with Crippen LogP contribution in [0.3, 0.4) is 0 Å². The average Bonchev–Trinajstić information content (AvgIpc) is 2.65. The van der Waals surface area contributed by atoms with Crippen molar-refractivity contribution < 1.29 is 14.3 Å². The highest BCUT2D eigenvalue weighted by atomic mass is 35.5. The molecule has 0 fully saturated rings. The minimum absolute atomic E-state index is 0. The van der Waals surface area contributed by atoms with Gasteiger partial charge in [-0.3, -0.25) is 15.0 Å². The summed E-state index contributed by atoms with van der Waals surface area (Å²) < 4.78 is 4.56. The van der Waals surface area contributed by atoms with Crippen molar-refractivity contribution in [1.82, 2.24) is 0 Å². The van der Waals surface area contributed by atoms with E-state index >= 15 is 0 Å². The molecule has 7 heteroatoms. The van der Waals surface area contributed by atoms with E-state index in [4.69, 9.17) is 11.1 Å². The van der Waals surface area contributed by atoms with Gasteiger partial charge in [-0.25, -0.2) is 0 Å². The number of rotatable bonds is 8. The van der Waals surface area contributed by atoms with E-state index in [9.17, 15) is 9.59 Å². The molecule has 0 aliphatic carbocycles. The van der Waals surface area contributed by atoms with Crippen molar-refractivity contribution in [3.63, 3.8) is 0 Å². The number of esters is 1. The second kappa shape index (κ2) is 10.6. The summed E-state index contributed by atoms with van der Waals surface area (Å²) in [7, 11) is 1.35. The summed E-state index contributed by atoms with van der Waals surface area (Å²) in [6.07, 6.45) is 0.309. The molecule has 0 aliphatic heterocycles. The Labute approximate surface area is 163 Å². The molecule has 3 N–H and O–H groups in total. The molecule has 0 spiro atoms. The molecular formula is C19H21ClN2O3S. The fourth-order valence-electron chi connectivity index (χ4n) is 2.20. The van der Waals surface area contributed by atoms with E-state index in [-0.39, 0.29) is 30.0 Å². The first-order chi connectivity index (χ1) is 12.0. The van der Waals surface area contributed by atoms with Crippen molar-refractivity contribution in [3.8, 4) is 11.1 Å². The molecule has 0 saturated heterocycles. The molecule has 0 amide bonds. The smallest absolute Gasteiger partial charge is 0.306 e. The van der Waals surface area contributed by atoms with Crippen LogP contribution in [0, 0.1) is 5.41 Å². The average molecular weight is 393 g/mol. The quantitative estimate of drug-likeness (QED) is 0.235. The number of carbonyl (C=O) groups excluding carboxylic acids is 2. The second-order valence-electron chi connectivity index (χ2n) is 5.37. The first kappa shape index (κ1) is 21.7. The Bertz CT molecular complexity index is 761. The Morgan fingerprint density at radius 3 is 1.96 bits per heavy atom. The van der Waals surface area contributed by atoms with Gasteiger partial charge in [-0.2, -0.15) is 11.8 Å². The molecule has 0 aliphatic rings. The van der Waals surface area contributed by atoms with Crippen LogP contribution >= 0.6 is 24.2 Å². The molecule has 0 heterocycles. The zero-order valence-electron chi connectivity index (χ0n) is 14.4. The second-order valence-corrected chi connectivity index (χ2v) is 6.48. The molecule has 0 bridgehead atoms. The Balaban J connectivity index is 0.00000338. The van der Waals surface area contributed by atoms with E-state index < -0.39 is 0 Å². The van der Waals surface area contributed by atoms with Gasteiger partial charge in [0.2, 0.25) is 0 Å². The van der Waals surface area contributed by atoms with E-state index in [0.717, 1.165) is 11.1 Å². The molecular weight excluding hydrogens is 372 g/mol. The highest BCUT2D eigenvalue weighted by Gasteiger charge is 2.08. The SMILES string of the molecule is COC(=O)CCSCC(=O)c1ccc(-c2ccc(C(=N)N)cc2)cc1.Cl. The standard InChI is InChI=1S/C19H20N2O3S.ClH/c1-24-18(23)10-11-25-12-17(22)15-6-2-13(3-7-15)14-4-8-16(9-5-14)19(20)21;/h2-9H,10-12H2,1H3,(H3,20,21);1H. The van der Waals surface area contributed by atoms with Gasteiger partial charge in [0.05, 0.1) is 19.3 Å². The van der Waals surface area contributed by atoms with Crippen molar-refractivity contribution in [2.24, 2.45) is 5.73 Å². The molecule has 0 aromatic heterocycles. The maximum Gasteiger partial charge on any atom is 0.306 e. The fraction of sp³-hybridized carbons (Fsp3) is 0.211. The summed E-state index contributed by atoms with van der Waals surface area (Å²) in [5, 5.41) is 7.40. The number of nitrogens with one attached hydrogen (secondary N) is 1. The lowest BCUT2D eigenvalue weighted by Crippen LogP contribution is -2.10. The lowest BCUT2D eigenvalue weighted by atomic mass is 10.0. The highest BCUT2D eigenvalue weighted by Crippen LogP contribution is 2.21. The van der Waals surface area contributed by atoms with Crippen LogP contribution < -0.4 is 5.73 Å². The number of benzene rings is 2. The van der Waals surface area contributed by atoms with Crippen molar-refractivity contribution >= 4 is 41.8 Å². The van der Waals surface area contributed by atoms with Crippen molar-refractivity contribution in [2.75, 3.05) is 18.6 Å². The molecule has 0 radical (unpaired) electrons. The topological polar surface area (TPSA) is 93.2 Å². The number of nitrogen functional groups attached to an aromatic ring is 1. The largest absolute Gasteiger partial charge is 0.469 e. The lowest BCUT2D eigenvalue weighted by Gasteiger charge is -2.06. The Hall–Kier alpha value is -2.31. The fourth-order valence-corrected chi connectivity index (χ4v) is 3.00. The van der Waals surface area contributed by atoms with Crippen molar-refractivity contribution in [1.29, 1.82) is 5.41 Å². The Kier molecular flexibility index (Phi) is 8.88. The van der Waals surface area contributed by atoms with Crippen LogP contribution in [0.25, 0.3) is 11.1 Å². The number of methoxy groups -OCH3 is 1. The van der Waals surface area contributed by atoms with Crippen LogP contribution in [0.4, 0.5) is 0 Å². The summed E-state index contributed by atoms with van der Waals surface area (Å²) in [4.78, 5) is 23.2. The molecule has 2 aromatic carbocycles. The van der Waals surface area contributed by atoms with Gasteiger partial charge in [0, 0.05) is 16.9 Å². The van der Waals surface area contributed by atoms with Gasteiger partial charge >= 0.3 is 5.97 Å². The van der Waals surface area contributed by atoms with E-state index in [1.807, 2.05) is 24.3 Å². The molecule has 0 saturated carbocycles. The molecule has 0 unspecified atom stereocenters. The Morgan fingerprint density at radius 2 is 1.50 bits per heavy atom. The monoisotopic (exact) mass is 392 g/mol. The van der Waals surface area contributed by atoms with Gasteiger partial charge in [-0.15, -0.1) is 12.4 Å². The van der Waals surface area contributed by atoms with Gasteiger partial charge in [-0.05, 0) is 11.1 Å². The molecule has 2 rings (SSSR count). The number of nitrogens with two attached hydrogens (primary N) is 1. The van der Waals surface area contributed by atoms with Gasteiger partial charge < -0.3 is 10.5 Å². The summed E-state index contributed by atoms with van der Waals surface area (Å²) in [5.74, 6) is 0.716. The highest BCUT2D eigenvalue weighted by molar-refractivity contribution is 8.00. The van der Waals surface area contributed by atoms with Gasteiger partial charge in [0.15, 0.2) is 5.78 Å². The molecule has 138 valence electrons. The number of thioether (sulfide) groups is 1. The predicted octanol–water partition coefficient (Wildman–Crippen LogP) is 3.54. The number of ether oxygens (including phenoxy) is 1. The summed E-state index contributed by atoms with van der Waals surface area (Å²) in [5.41, 5.74) is 8.76. The zero-order valence-corrected chi connectivity index (χ0v) is 16.0. The van der Waals surface area contributed by atoms with Crippen LogP contribution in [0.1, 0.15) is 22.3 Å². The predicted molar refractivity (Wildman–Crippen MR) is 108 cm³/mol. The normalized spacial score (nSPS) is 9.88.